The third kappa shape index (κ3) is 2.12. The van der Waals surface area contributed by atoms with Crippen LogP contribution < -0.4 is 5.73 Å². The Morgan fingerprint density at radius 1 is 1.50 bits per heavy atom. The van der Waals surface area contributed by atoms with Gasteiger partial charge in [-0.25, -0.2) is 0 Å². The zero-order valence-corrected chi connectivity index (χ0v) is 10.3. The van der Waals surface area contributed by atoms with E-state index in [1.165, 1.54) is 12.8 Å². The van der Waals surface area contributed by atoms with E-state index in [4.69, 9.17) is 5.73 Å². The molecule has 0 aromatic carbocycles. The van der Waals surface area contributed by atoms with Crippen molar-refractivity contribution < 1.29 is 0 Å². The van der Waals surface area contributed by atoms with Crippen LogP contribution in [0.3, 0.4) is 0 Å². The van der Waals surface area contributed by atoms with E-state index >= 15 is 0 Å². The maximum Gasteiger partial charge on any atom is 0.152 e. The summed E-state index contributed by atoms with van der Waals surface area (Å²) >= 11 is 0. The highest BCUT2D eigenvalue weighted by molar-refractivity contribution is 5.07. The molecule has 2 N–H and O–H groups in total. The van der Waals surface area contributed by atoms with Crippen molar-refractivity contribution in [3.8, 4) is 0 Å². The summed E-state index contributed by atoms with van der Waals surface area (Å²) in [4.78, 5) is 0. The van der Waals surface area contributed by atoms with Crippen LogP contribution in [-0.4, -0.2) is 14.8 Å². The van der Waals surface area contributed by atoms with Gasteiger partial charge >= 0.3 is 0 Å². The molecule has 0 radical (unpaired) electrons. The zero-order chi connectivity index (χ0) is 11.6. The molecule has 1 fully saturated rings. The molecule has 4 nitrogen and oxygen atoms in total. The molecule has 0 amide bonds. The fourth-order valence-corrected chi connectivity index (χ4v) is 2.55. The Bertz CT molecular complexity index is 337. The molecule has 0 atom stereocenters. The van der Waals surface area contributed by atoms with Crippen LogP contribution in [0.4, 0.5) is 0 Å². The van der Waals surface area contributed by atoms with E-state index in [0.717, 1.165) is 37.5 Å². The van der Waals surface area contributed by atoms with Gasteiger partial charge in [-0.2, -0.15) is 0 Å². The van der Waals surface area contributed by atoms with Gasteiger partial charge in [0.2, 0.25) is 0 Å². The van der Waals surface area contributed by atoms with Crippen molar-refractivity contribution >= 4 is 0 Å². The third-order valence-corrected chi connectivity index (χ3v) is 3.69. The van der Waals surface area contributed by atoms with Gasteiger partial charge in [-0.1, -0.05) is 13.8 Å². The molecule has 1 aromatic rings. The van der Waals surface area contributed by atoms with E-state index in [-0.39, 0.29) is 5.54 Å². The highest BCUT2D eigenvalue weighted by Gasteiger charge is 2.35. The minimum atomic E-state index is -0.238. The molecule has 1 heterocycles. The summed E-state index contributed by atoms with van der Waals surface area (Å²) in [7, 11) is 0. The summed E-state index contributed by atoms with van der Waals surface area (Å²) in [6, 6.07) is 0. The molecule has 0 saturated heterocycles. The van der Waals surface area contributed by atoms with Gasteiger partial charge in [-0.05, 0) is 38.0 Å². The lowest BCUT2D eigenvalue weighted by molar-refractivity contribution is 0.230. The number of aromatic nitrogens is 3. The minimum absolute atomic E-state index is 0.238. The predicted molar refractivity (Wildman–Crippen MR) is 63.8 cm³/mol. The van der Waals surface area contributed by atoms with Crippen molar-refractivity contribution in [1.29, 1.82) is 0 Å². The van der Waals surface area contributed by atoms with E-state index in [1.54, 1.807) is 0 Å². The molecule has 1 aliphatic rings. The largest absolute Gasteiger partial charge is 0.319 e. The second kappa shape index (κ2) is 4.53. The smallest absolute Gasteiger partial charge is 0.152 e. The van der Waals surface area contributed by atoms with Crippen LogP contribution in [0.5, 0.6) is 0 Å². The molecule has 1 saturated carbocycles. The normalized spacial score (nSPS) is 30.6. The van der Waals surface area contributed by atoms with E-state index in [1.807, 2.05) is 6.33 Å². The van der Waals surface area contributed by atoms with Crippen LogP contribution in [0.25, 0.3) is 0 Å². The van der Waals surface area contributed by atoms with Crippen molar-refractivity contribution in [1.82, 2.24) is 14.8 Å². The first-order chi connectivity index (χ1) is 7.65. The Morgan fingerprint density at radius 2 is 2.19 bits per heavy atom. The highest BCUT2D eigenvalue weighted by atomic mass is 15.3. The van der Waals surface area contributed by atoms with Crippen LogP contribution >= 0.6 is 0 Å². The third-order valence-electron chi connectivity index (χ3n) is 3.69. The standard InChI is InChI=1S/C12H22N4/c1-3-8-16-9-14-15-11(16)12(13)6-4-10(2)5-7-12/h9-10H,3-8,13H2,1-2H3. The van der Waals surface area contributed by atoms with Crippen molar-refractivity contribution in [2.75, 3.05) is 0 Å². The molecule has 0 spiro atoms. The van der Waals surface area contributed by atoms with Gasteiger partial charge in [0.05, 0.1) is 5.54 Å². The molecule has 0 aliphatic heterocycles. The van der Waals surface area contributed by atoms with Crippen LogP contribution in [0.2, 0.25) is 0 Å². The van der Waals surface area contributed by atoms with Gasteiger partial charge < -0.3 is 10.3 Å². The quantitative estimate of drug-likeness (QED) is 0.851. The van der Waals surface area contributed by atoms with E-state index in [0.29, 0.717) is 0 Å². The van der Waals surface area contributed by atoms with Crippen LogP contribution in [0.1, 0.15) is 51.8 Å². The average molecular weight is 222 g/mol. The van der Waals surface area contributed by atoms with Gasteiger partial charge in [0.1, 0.15) is 6.33 Å². The van der Waals surface area contributed by atoms with E-state index in [9.17, 15) is 0 Å². The fourth-order valence-electron chi connectivity index (χ4n) is 2.55. The molecular weight excluding hydrogens is 200 g/mol. The van der Waals surface area contributed by atoms with Crippen molar-refractivity contribution in [2.45, 2.75) is 58.0 Å². The molecular formula is C12H22N4. The van der Waals surface area contributed by atoms with Crippen LogP contribution in [0, 0.1) is 5.92 Å². The van der Waals surface area contributed by atoms with Crippen LogP contribution in [0.15, 0.2) is 6.33 Å². The van der Waals surface area contributed by atoms with Gasteiger partial charge in [0.15, 0.2) is 5.82 Å². The zero-order valence-electron chi connectivity index (χ0n) is 10.3. The lowest BCUT2D eigenvalue weighted by Gasteiger charge is -2.35. The second-order valence-corrected chi connectivity index (χ2v) is 5.19. The average Bonchev–Trinajstić information content (AvgIpc) is 2.72. The Labute approximate surface area is 97.2 Å². The molecule has 0 bridgehead atoms. The molecule has 4 heteroatoms. The highest BCUT2D eigenvalue weighted by Crippen LogP contribution is 2.36. The SMILES string of the molecule is CCCn1cnnc1C1(N)CCC(C)CC1. The van der Waals surface area contributed by atoms with E-state index < -0.39 is 0 Å². The Balaban J connectivity index is 2.18. The molecule has 90 valence electrons. The second-order valence-electron chi connectivity index (χ2n) is 5.19. The van der Waals surface area contributed by atoms with Gasteiger partial charge in [0, 0.05) is 6.54 Å². The van der Waals surface area contributed by atoms with Crippen molar-refractivity contribution in [2.24, 2.45) is 11.7 Å². The summed E-state index contributed by atoms with van der Waals surface area (Å²) in [5.41, 5.74) is 6.26. The lowest BCUT2D eigenvalue weighted by Crippen LogP contribution is -2.42. The number of aryl methyl sites for hydroxylation is 1. The van der Waals surface area contributed by atoms with Crippen LogP contribution in [-0.2, 0) is 12.1 Å². The summed E-state index contributed by atoms with van der Waals surface area (Å²) in [5.74, 6) is 1.79. The summed E-state index contributed by atoms with van der Waals surface area (Å²) in [5, 5.41) is 8.26. The number of nitrogens with zero attached hydrogens (tertiary/aromatic N) is 3. The first kappa shape index (κ1) is 11.6. The molecule has 1 aromatic heterocycles. The maximum atomic E-state index is 6.49. The first-order valence-corrected chi connectivity index (χ1v) is 6.33. The molecule has 16 heavy (non-hydrogen) atoms. The minimum Gasteiger partial charge on any atom is -0.319 e. The van der Waals surface area contributed by atoms with Crippen molar-refractivity contribution in [3.05, 3.63) is 12.2 Å². The topological polar surface area (TPSA) is 56.7 Å². The number of nitrogens with two attached hydrogens (primary N) is 1. The van der Waals surface area contributed by atoms with Gasteiger partial charge in [0.25, 0.3) is 0 Å². The molecule has 2 rings (SSSR count). The summed E-state index contributed by atoms with van der Waals surface area (Å²) in [6.45, 7) is 5.43. The summed E-state index contributed by atoms with van der Waals surface area (Å²) < 4.78 is 2.12. The number of hydrogen-bond acceptors (Lipinski definition) is 3. The van der Waals surface area contributed by atoms with Crippen molar-refractivity contribution in [3.63, 3.8) is 0 Å². The number of hydrogen-bond donors (Lipinski definition) is 1. The Hall–Kier alpha value is -0.900. The van der Waals surface area contributed by atoms with E-state index in [2.05, 4.69) is 28.6 Å². The predicted octanol–water partition coefficient (Wildman–Crippen LogP) is 2.05. The van der Waals surface area contributed by atoms with Gasteiger partial charge in [-0.15, -0.1) is 10.2 Å². The Kier molecular flexibility index (Phi) is 3.28. The summed E-state index contributed by atoms with van der Waals surface area (Å²) in [6.07, 6.45) is 7.39. The lowest BCUT2D eigenvalue weighted by atomic mass is 9.77. The first-order valence-electron chi connectivity index (χ1n) is 6.33. The van der Waals surface area contributed by atoms with Gasteiger partial charge in [-0.3, -0.25) is 0 Å². The molecule has 1 aliphatic carbocycles. The molecule has 0 unspecified atom stereocenters. The number of rotatable bonds is 3. The Morgan fingerprint density at radius 3 is 2.81 bits per heavy atom. The maximum absolute atomic E-state index is 6.49. The monoisotopic (exact) mass is 222 g/mol. The fraction of sp³-hybridized carbons (Fsp3) is 0.833.